The number of Topliss-reactive ketones (excluding diaryl/α,β-unsaturated/α-hetero) is 1. The van der Waals surface area contributed by atoms with Gasteiger partial charge in [-0.25, -0.2) is 4.68 Å². The van der Waals surface area contributed by atoms with Gasteiger partial charge in [-0.3, -0.25) is 14.9 Å². The number of nitro benzene ring substituents is 1. The number of fused-ring (bicyclic) bond motifs is 1. The number of rotatable bonds is 5. The van der Waals surface area contributed by atoms with Gasteiger partial charge in [0.15, 0.2) is 5.78 Å². The van der Waals surface area contributed by atoms with Gasteiger partial charge in [0, 0.05) is 35.6 Å². The third kappa shape index (κ3) is 4.23. The standard InChI is InChI=1S/C25H25N5O3S/c1-15-4-8-17(9-5-15)22-21-19(12-25(2,3)13-20(21)31)26-23-27-24(28-29(22)23)34-14-16-6-10-18(11-7-16)30(32)33/h4-11,22H,12-14H2,1-3H3,(H,26,27,28)/t22-/m1/s1. The maximum absolute atomic E-state index is 13.3. The number of ketones is 1. The molecule has 0 amide bonds. The summed E-state index contributed by atoms with van der Waals surface area (Å²) < 4.78 is 1.82. The van der Waals surface area contributed by atoms with E-state index in [1.54, 1.807) is 12.1 Å². The lowest BCUT2D eigenvalue weighted by Crippen LogP contribution is -2.36. The van der Waals surface area contributed by atoms with Crippen LogP contribution < -0.4 is 5.32 Å². The number of aromatic nitrogens is 3. The van der Waals surface area contributed by atoms with Crippen molar-refractivity contribution in [3.8, 4) is 0 Å². The van der Waals surface area contributed by atoms with Gasteiger partial charge in [0.25, 0.3) is 5.69 Å². The molecule has 2 aliphatic rings. The molecule has 3 aromatic rings. The van der Waals surface area contributed by atoms with Crippen LogP contribution in [0.3, 0.4) is 0 Å². The first-order chi connectivity index (χ1) is 16.2. The maximum atomic E-state index is 13.3. The number of nitrogens with one attached hydrogen (secondary N) is 1. The molecule has 34 heavy (non-hydrogen) atoms. The number of hydrogen-bond acceptors (Lipinski definition) is 7. The van der Waals surface area contributed by atoms with Gasteiger partial charge in [0.2, 0.25) is 11.1 Å². The predicted octanol–water partition coefficient (Wildman–Crippen LogP) is 5.45. The van der Waals surface area contributed by atoms with Crippen molar-refractivity contribution in [2.75, 3.05) is 5.32 Å². The Morgan fingerprint density at radius 3 is 2.53 bits per heavy atom. The summed E-state index contributed by atoms with van der Waals surface area (Å²) in [5, 5.41) is 19.6. The number of non-ortho nitro benzene ring substituents is 1. The van der Waals surface area contributed by atoms with Crippen LogP contribution in [0.25, 0.3) is 0 Å². The minimum absolute atomic E-state index is 0.0683. The molecule has 174 valence electrons. The number of allylic oxidation sites excluding steroid dienone is 2. The molecule has 0 saturated heterocycles. The van der Waals surface area contributed by atoms with Gasteiger partial charge in [0.1, 0.15) is 6.04 Å². The number of carbonyl (C=O) groups is 1. The quantitative estimate of drug-likeness (QED) is 0.297. The van der Waals surface area contributed by atoms with E-state index >= 15 is 0 Å². The number of hydrogen-bond donors (Lipinski definition) is 1. The number of nitro groups is 1. The van der Waals surface area contributed by atoms with Crippen LogP contribution >= 0.6 is 11.8 Å². The number of nitrogens with zero attached hydrogens (tertiary/aromatic N) is 4. The summed E-state index contributed by atoms with van der Waals surface area (Å²) in [6.45, 7) is 6.27. The minimum atomic E-state index is -0.407. The fourth-order valence-electron chi connectivity index (χ4n) is 4.57. The molecule has 2 aromatic carbocycles. The first kappa shape index (κ1) is 22.3. The Morgan fingerprint density at radius 1 is 1.15 bits per heavy atom. The van der Waals surface area contributed by atoms with Crippen LogP contribution in [0.4, 0.5) is 11.6 Å². The highest BCUT2D eigenvalue weighted by Gasteiger charge is 2.41. The Morgan fingerprint density at radius 2 is 1.85 bits per heavy atom. The summed E-state index contributed by atoms with van der Waals surface area (Å²) in [5.74, 6) is 1.35. The van der Waals surface area contributed by atoms with Crippen molar-refractivity contribution in [1.29, 1.82) is 0 Å². The Labute approximate surface area is 201 Å². The first-order valence-corrected chi connectivity index (χ1v) is 12.1. The Hall–Kier alpha value is -3.46. The molecule has 0 saturated carbocycles. The van der Waals surface area contributed by atoms with Crippen molar-refractivity contribution in [3.05, 3.63) is 86.6 Å². The van der Waals surface area contributed by atoms with E-state index in [9.17, 15) is 14.9 Å². The van der Waals surface area contributed by atoms with Crippen LogP contribution in [0.1, 0.15) is 49.4 Å². The normalized spacial score (nSPS) is 18.8. The molecule has 0 bridgehead atoms. The molecule has 0 fully saturated rings. The molecule has 8 nitrogen and oxygen atoms in total. The van der Waals surface area contributed by atoms with E-state index in [0.29, 0.717) is 23.3 Å². The van der Waals surface area contributed by atoms with Gasteiger partial charge < -0.3 is 5.32 Å². The molecular formula is C25H25N5O3S. The molecule has 5 rings (SSSR count). The molecule has 1 atom stereocenters. The highest BCUT2D eigenvalue weighted by Crippen LogP contribution is 2.45. The zero-order chi connectivity index (χ0) is 24.0. The molecule has 0 unspecified atom stereocenters. The monoisotopic (exact) mass is 475 g/mol. The van der Waals surface area contributed by atoms with Gasteiger partial charge in [-0.2, -0.15) is 4.98 Å². The molecule has 1 aliphatic carbocycles. The van der Waals surface area contributed by atoms with Crippen LogP contribution in [-0.4, -0.2) is 25.5 Å². The van der Waals surface area contributed by atoms with E-state index in [0.717, 1.165) is 34.4 Å². The lowest BCUT2D eigenvalue weighted by atomic mass is 9.73. The molecule has 9 heteroatoms. The van der Waals surface area contributed by atoms with Crippen LogP contribution in [0.15, 0.2) is 65.0 Å². The second-order valence-electron chi connectivity index (χ2n) is 9.65. The van der Waals surface area contributed by atoms with E-state index in [2.05, 4.69) is 43.4 Å². The average Bonchev–Trinajstić information content (AvgIpc) is 3.19. The van der Waals surface area contributed by atoms with Gasteiger partial charge in [0.05, 0.1) is 4.92 Å². The van der Waals surface area contributed by atoms with Gasteiger partial charge in [-0.15, -0.1) is 5.10 Å². The van der Waals surface area contributed by atoms with Gasteiger partial charge in [-0.1, -0.05) is 67.6 Å². The summed E-state index contributed by atoms with van der Waals surface area (Å²) >= 11 is 1.46. The fraction of sp³-hybridized carbons (Fsp3) is 0.320. The van der Waals surface area contributed by atoms with Crippen molar-refractivity contribution in [2.45, 2.75) is 50.6 Å². The summed E-state index contributed by atoms with van der Waals surface area (Å²) in [6, 6.07) is 14.4. The van der Waals surface area contributed by atoms with Gasteiger partial charge >= 0.3 is 0 Å². The smallest absolute Gasteiger partial charge is 0.269 e. The number of aryl methyl sites for hydroxylation is 1. The maximum Gasteiger partial charge on any atom is 0.269 e. The predicted molar refractivity (Wildman–Crippen MR) is 131 cm³/mol. The topological polar surface area (TPSA) is 103 Å². The molecular weight excluding hydrogens is 450 g/mol. The van der Waals surface area contributed by atoms with Crippen molar-refractivity contribution in [1.82, 2.24) is 14.8 Å². The molecule has 1 aliphatic heterocycles. The summed E-state index contributed by atoms with van der Waals surface area (Å²) in [7, 11) is 0. The van der Waals surface area contributed by atoms with Crippen LogP contribution in [-0.2, 0) is 10.5 Å². The Bertz CT molecular complexity index is 1310. The van der Waals surface area contributed by atoms with Crippen LogP contribution in [0, 0.1) is 22.5 Å². The Kier molecular flexibility index (Phi) is 5.51. The Balaban J connectivity index is 1.47. The third-order valence-corrected chi connectivity index (χ3v) is 7.13. The fourth-order valence-corrected chi connectivity index (χ4v) is 5.35. The van der Waals surface area contributed by atoms with E-state index in [1.165, 1.54) is 23.9 Å². The van der Waals surface area contributed by atoms with Crippen molar-refractivity contribution >= 4 is 29.2 Å². The number of anilines is 1. The van der Waals surface area contributed by atoms with Crippen LogP contribution in [0.2, 0.25) is 0 Å². The number of carbonyl (C=O) groups excluding carboxylic acids is 1. The first-order valence-electron chi connectivity index (χ1n) is 11.1. The van der Waals surface area contributed by atoms with Crippen molar-refractivity contribution < 1.29 is 9.72 Å². The zero-order valence-electron chi connectivity index (χ0n) is 19.2. The van der Waals surface area contributed by atoms with Crippen molar-refractivity contribution in [2.24, 2.45) is 5.41 Å². The summed E-state index contributed by atoms with van der Waals surface area (Å²) in [4.78, 5) is 28.5. The minimum Gasteiger partial charge on any atom is -0.328 e. The summed E-state index contributed by atoms with van der Waals surface area (Å²) in [6.07, 6.45) is 1.27. The number of benzene rings is 2. The second-order valence-corrected chi connectivity index (χ2v) is 10.6. The largest absolute Gasteiger partial charge is 0.328 e. The molecule has 2 heterocycles. The average molecular weight is 476 g/mol. The highest BCUT2D eigenvalue weighted by molar-refractivity contribution is 7.98. The lowest BCUT2D eigenvalue weighted by molar-refractivity contribution is -0.384. The zero-order valence-corrected chi connectivity index (χ0v) is 20.1. The SMILES string of the molecule is Cc1ccc([C@@H]2C3=C(CC(C)(C)CC3=O)Nc3nc(SCc4ccc([N+](=O)[O-])cc4)nn32)cc1. The molecule has 1 N–H and O–H groups in total. The third-order valence-electron chi connectivity index (χ3n) is 6.22. The van der Waals surface area contributed by atoms with Crippen molar-refractivity contribution in [3.63, 3.8) is 0 Å². The van der Waals surface area contributed by atoms with E-state index < -0.39 is 4.92 Å². The molecule has 0 radical (unpaired) electrons. The van der Waals surface area contributed by atoms with E-state index in [1.807, 2.05) is 11.6 Å². The van der Waals surface area contributed by atoms with E-state index in [4.69, 9.17) is 10.1 Å². The molecule has 1 aromatic heterocycles. The summed E-state index contributed by atoms with van der Waals surface area (Å²) in [5.41, 5.74) is 4.76. The van der Waals surface area contributed by atoms with E-state index in [-0.39, 0.29) is 22.9 Å². The van der Waals surface area contributed by atoms with Gasteiger partial charge in [-0.05, 0) is 29.9 Å². The molecule has 0 spiro atoms. The highest BCUT2D eigenvalue weighted by atomic mass is 32.2. The van der Waals surface area contributed by atoms with Crippen LogP contribution in [0.5, 0.6) is 0 Å². The lowest BCUT2D eigenvalue weighted by Gasteiger charge is -2.38. The second kappa shape index (κ2) is 8.39. The number of thioether (sulfide) groups is 1.